The van der Waals surface area contributed by atoms with Gasteiger partial charge in [-0.2, -0.15) is 0 Å². The number of hydrogen-bond acceptors (Lipinski definition) is 2. The van der Waals surface area contributed by atoms with Crippen LogP contribution in [0.1, 0.15) is 27.9 Å². The number of carbonyl (C=O) groups is 1. The minimum Gasteiger partial charge on any atom is -0.493 e. The summed E-state index contributed by atoms with van der Waals surface area (Å²) in [6, 6.07) is 8.68. The minimum atomic E-state index is -0.700. The highest BCUT2D eigenvalue weighted by atomic mass is 19.1. The number of fused-ring (bicyclic) bond motifs is 1. The highest BCUT2D eigenvalue weighted by Gasteiger charge is 2.20. The molecule has 2 aromatic rings. The van der Waals surface area contributed by atoms with E-state index < -0.39 is 11.6 Å². The number of halogens is 2. The van der Waals surface area contributed by atoms with Crippen molar-refractivity contribution in [2.75, 3.05) is 6.61 Å². The fourth-order valence-electron chi connectivity index (χ4n) is 2.54. The van der Waals surface area contributed by atoms with Crippen molar-refractivity contribution in [2.45, 2.75) is 19.3 Å². The Morgan fingerprint density at radius 3 is 2.86 bits per heavy atom. The van der Waals surface area contributed by atoms with Crippen LogP contribution in [-0.2, 0) is 12.8 Å². The van der Waals surface area contributed by atoms with Gasteiger partial charge in [0.1, 0.15) is 17.4 Å². The van der Waals surface area contributed by atoms with E-state index in [9.17, 15) is 13.6 Å². The first-order chi connectivity index (χ1) is 10.1. The third-order valence-corrected chi connectivity index (χ3v) is 3.60. The van der Waals surface area contributed by atoms with Gasteiger partial charge in [0.25, 0.3) is 0 Å². The van der Waals surface area contributed by atoms with Crippen LogP contribution < -0.4 is 4.74 Å². The molecular weight excluding hydrogens is 274 g/mol. The van der Waals surface area contributed by atoms with Gasteiger partial charge in [0.15, 0.2) is 5.78 Å². The number of aryl methyl sites for hydroxylation is 1. The molecule has 0 aromatic heterocycles. The van der Waals surface area contributed by atoms with Gasteiger partial charge < -0.3 is 4.74 Å². The smallest absolute Gasteiger partial charge is 0.171 e. The van der Waals surface area contributed by atoms with Gasteiger partial charge in [0, 0.05) is 12.5 Å². The quantitative estimate of drug-likeness (QED) is 0.805. The molecule has 0 aliphatic carbocycles. The predicted molar refractivity (Wildman–Crippen MR) is 74.7 cm³/mol. The molecule has 1 aliphatic heterocycles. The summed E-state index contributed by atoms with van der Waals surface area (Å²) in [5.74, 6) is -0.964. The van der Waals surface area contributed by atoms with Crippen molar-refractivity contribution in [1.29, 1.82) is 0 Å². The van der Waals surface area contributed by atoms with E-state index >= 15 is 0 Å². The maximum atomic E-state index is 13.6. The molecule has 0 radical (unpaired) electrons. The standard InChI is InChI=1S/C17H14F2O2/c18-13-7-6-12(15(19)10-13)9-16(20)14-5-1-3-11-4-2-8-21-17(11)14/h1,3,5-7,10H,2,4,8-9H2. The summed E-state index contributed by atoms with van der Waals surface area (Å²) in [6.07, 6.45) is 1.70. The van der Waals surface area contributed by atoms with E-state index in [1.54, 1.807) is 6.07 Å². The number of Topliss-reactive ketones (excluding diaryl/α,β-unsaturated/α-hetero) is 1. The van der Waals surface area contributed by atoms with Crippen LogP contribution >= 0.6 is 0 Å². The topological polar surface area (TPSA) is 26.3 Å². The van der Waals surface area contributed by atoms with E-state index in [4.69, 9.17) is 4.74 Å². The molecule has 0 saturated heterocycles. The van der Waals surface area contributed by atoms with Gasteiger partial charge in [-0.3, -0.25) is 4.79 Å². The normalized spacial score (nSPS) is 13.4. The zero-order chi connectivity index (χ0) is 14.8. The number of ether oxygens (including phenoxy) is 1. The number of carbonyl (C=O) groups excluding carboxylic acids is 1. The second-order valence-corrected chi connectivity index (χ2v) is 5.08. The van der Waals surface area contributed by atoms with Crippen LogP contribution in [0.15, 0.2) is 36.4 Å². The molecule has 108 valence electrons. The number of para-hydroxylation sites is 1. The van der Waals surface area contributed by atoms with Crippen LogP contribution in [0.5, 0.6) is 5.75 Å². The van der Waals surface area contributed by atoms with Gasteiger partial charge in [0.05, 0.1) is 12.2 Å². The van der Waals surface area contributed by atoms with Crippen molar-refractivity contribution >= 4 is 5.78 Å². The molecule has 0 N–H and O–H groups in total. The van der Waals surface area contributed by atoms with Crippen molar-refractivity contribution in [3.05, 3.63) is 64.7 Å². The van der Waals surface area contributed by atoms with Crippen molar-refractivity contribution < 1.29 is 18.3 Å². The van der Waals surface area contributed by atoms with Gasteiger partial charge in [0.2, 0.25) is 0 Å². The highest BCUT2D eigenvalue weighted by Crippen LogP contribution is 2.30. The lowest BCUT2D eigenvalue weighted by atomic mass is 9.97. The van der Waals surface area contributed by atoms with Crippen LogP contribution in [0.4, 0.5) is 8.78 Å². The second kappa shape index (κ2) is 5.64. The Labute approximate surface area is 121 Å². The lowest BCUT2D eigenvalue weighted by Crippen LogP contribution is -2.14. The van der Waals surface area contributed by atoms with E-state index in [1.807, 2.05) is 12.1 Å². The summed E-state index contributed by atoms with van der Waals surface area (Å²) in [5, 5.41) is 0. The fraction of sp³-hybridized carbons (Fsp3) is 0.235. The van der Waals surface area contributed by atoms with Crippen molar-refractivity contribution in [2.24, 2.45) is 0 Å². The Morgan fingerprint density at radius 1 is 1.19 bits per heavy atom. The number of rotatable bonds is 3. The Kier molecular flexibility index (Phi) is 3.69. The summed E-state index contributed by atoms with van der Waals surface area (Å²) in [5.41, 5.74) is 1.66. The lowest BCUT2D eigenvalue weighted by molar-refractivity contribution is 0.0986. The maximum Gasteiger partial charge on any atom is 0.171 e. The molecule has 0 fully saturated rings. The van der Waals surface area contributed by atoms with Crippen molar-refractivity contribution in [3.8, 4) is 5.75 Å². The molecule has 1 aliphatic rings. The Balaban J connectivity index is 1.89. The monoisotopic (exact) mass is 288 g/mol. The van der Waals surface area contributed by atoms with Crippen LogP contribution in [0.2, 0.25) is 0 Å². The summed E-state index contributed by atoms with van der Waals surface area (Å²) >= 11 is 0. The average Bonchev–Trinajstić information content (AvgIpc) is 2.49. The Hall–Kier alpha value is -2.23. The molecule has 0 bridgehead atoms. The predicted octanol–water partition coefficient (Wildman–Crippen LogP) is 3.72. The number of hydrogen-bond donors (Lipinski definition) is 0. The third-order valence-electron chi connectivity index (χ3n) is 3.60. The molecule has 0 saturated carbocycles. The summed E-state index contributed by atoms with van der Waals surface area (Å²) in [6.45, 7) is 0.586. The SMILES string of the molecule is O=C(Cc1ccc(F)cc1F)c1cccc2c1OCCC2. The van der Waals surface area contributed by atoms with Gasteiger partial charge in [-0.1, -0.05) is 18.2 Å². The molecule has 0 amide bonds. The zero-order valence-corrected chi connectivity index (χ0v) is 11.4. The molecule has 21 heavy (non-hydrogen) atoms. The molecule has 2 aromatic carbocycles. The second-order valence-electron chi connectivity index (χ2n) is 5.08. The number of benzene rings is 2. The highest BCUT2D eigenvalue weighted by molar-refractivity contribution is 6.00. The van der Waals surface area contributed by atoms with E-state index in [0.29, 0.717) is 17.9 Å². The zero-order valence-electron chi connectivity index (χ0n) is 11.4. The number of ketones is 1. The van der Waals surface area contributed by atoms with Crippen molar-refractivity contribution in [1.82, 2.24) is 0 Å². The first-order valence-electron chi connectivity index (χ1n) is 6.87. The fourth-order valence-corrected chi connectivity index (χ4v) is 2.54. The molecule has 0 atom stereocenters. The van der Waals surface area contributed by atoms with Crippen LogP contribution in [0, 0.1) is 11.6 Å². The maximum absolute atomic E-state index is 13.6. The Morgan fingerprint density at radius 2 is 2.05 bits per heavy atom. The molecule has 4 heteroatoms. The van der Waals surface area contributed by atoms with Crippen molar-refractivity contribution in [3.63, 3.8) is 0 Å². The van der Waals surface area contributed by atoms with E-state index in [1.165, 1.54) is 6.07 Å². The molecule has 3 rings (SSSR count). The molecule has 2 nitrogen and oxygen atoms in total. The van der Waals surface area contributed by atoms with Crippen LogP contribution in [0.25, 0.3) is 0 Å². The van der Waals surface area contributed by atoms with Gasteiger partial charge >= 0.3 is 0 Å². The average molecular weight is 288 g/mol. The summed E-state index contributed by atoms with van der Waals surface area (Å²) in [4.78, 5) is 12.4. The first kappa shape index (κ1) is 13.7. The molecule has 0 unspecified atom stereocenters. The Bertz CT molecular complexity index is 695. The summed E-state index contributed by atoms with van der Waals surface area (Å²) < 4.78 is 32.1. The van der Waals surface area contributed by atoms with Gasteiger partial charge in [-0.15, -0.1) is 0 Å². The first-order valence-corrected chi connectivity index (χ1v) is 6.87. The van der Waals surface area contributed by atoms with Gasteiger partial charge in [-0.25, -0.2) is 8.78 Å². The molecule has 1 heterocycles. The van der Waals surface area contributed by atoms with Crippen LogP contribution in [0.3, 0.4) is 0 Å². The summed E-state index contributed by atoms with van der Waals surface area (Å²) in [7, 11) is 0. The minimum absolute atomic E-state index is 0.105. The molecule has 0 spiro atoms. The lowest BCUT2D eigenvalue weighted by Gasteiger charge is -2.19. The van der Waals surface area contributed by atoms with E-state index in [2.05, 4.69) is 0 Å². The van der Waals surface area contributed by atoms with Gasteiger partial charge in [-0.05, 0) is 36.1 Å². The third kappa shape index (κ3) is 2.79. The van der Waals surface area contributed by atoms with Crippen LogP contribution in [-0.4, -0.2) is 12.4 Å². The largest absolute Gasteiger partial charge is 0.493 e. The molecular formula is C17H14F2O2. The van der Waals surface area contributed by atoms with E-state index in [0.717, 1.165) is 30.5 Å². The van der Waals surface area contributed by atoms with E-state index in [-0.39, 0.29) is 17.8 Å².